The van der Waals surface area contributed by atoms with Crippen LogP contribution < -0.4 is 0 Å². The number of benzene rings is 2. The van der Waals surface area contributed by atoms with Gasteiger partial charge in [-0.25, -0.2) is 4.79 Å². The Hall–Kier alpha value is -2.49. The summed E-state index contributed by atoms with van der Waals surface area (Å²) in [4.78, 5) is 22.8. The molecule has 2 saturated carbocycles. The minimum absolute atomic E-state index is 0. The highest BCUT2D eigenvalue weighted by molar-refractivity contribution is 6.67. The van der Waals surface area contributed by atoms with Crippen LogP contribution in [0.25, 0.3) is 0 Å². The number of methoxy groups -OCH3 is 2. The third-order valence-corrected chi connectivity index (χ3v) is 10.1. The Labute approximate surface area is 305 Å². The zero-order chi connectivity index (χ0) is 35.2. The van der Waals surface area contributed by atoms with Crippen LogP contribution in [-0.2, 0) is 42.6 Å². The van der Waals surface area contributed by atoms with Crippen LogP contribution in [0.3, 0.4) is 0 Å². The van der Waals surface area contributed by atoms with Gasteiger partial charge < -0.3 is 47.7 Å². The van der Waals surface area contributed by atoms with Crippen LogP contribution in [0.15, 0.2) is 60.7 Å². The average Bonchev–Trinajstić information content (AvgIpc) is 3.78. The Morgan fingerprint density at radius 2 is 1.14 bits per heavy atom. The first-order chi connectivity index (χ1) is 23.2. The molecule has 4 saturated heterocycles. The first-order valence-corrected chi connectivity index (χ1v) is 16.9. The van der Waals surface area contributed by atoms with Gasteiger partial charge in [0.05, 0.1) is 11.7 Å². The molecule has 1 N–H and O–H groups in total. The number of fused-ring (bicyclic) bond motifs is 4. The molecule has 2 spiro atoms. The summed E-state index contributed by atoms with van der Waals surface area (Å²) >= 11 is 5.16. The minimum Gasteiger partial charge on any atom is -0.456 e. The fraction of sp³-hybridized carbons (Fsp3) is 0.632. The smallest absolute Gasteiger partial charge is 0.338 e. The molecule has 2 aromatic carbocycles. The molecule has 10 atom stereocenters. The zero-order valence-corrected chi connectivity index (χ0v) is 29.3. The van der Waals surface area contributed by atoms with Crippen molar-refractivity contribution >= 4 is 22.8 Å². The monoisotopic (exact) mass is 736 g/mol. The summed E-state index contributed by atoms with van der Waals surface area (Å²) in [5.74, 6) is -1.68. The average molecular weight is 737 g/mol. The van der Waals surface area contributed by atoms with Gasteiger partial charge in [-0.3, -0.25) is 4.79 Å². The first-order valence-electron chi connectivity index (χ1n) is 16.6. The van der Waals surface area contributed by atoms with E-state index in [4.69, 9.17) is 54.2 Å². The predicted molar refractivity (Wildman–Crippen MR) is 187 cm³/mol. The van der Waals surface area contributed by atoms with Crippen molar-refractivity contribution in [2.45, 2.75) is 140 Å². The fourth-order valence-corrected chi connectivity index (χ4v) is 7.46. The molecular formula is C38H53ClO12. The van der Waals surface area contributed by atoms with Crippen molar-refractivity contribution in [2.75, 3.05) is 14.2 Å². The summed E-state index contributed by atoms with van der Waals surface area (Å²) in [6.45, 7) is 7.48. The quantitative estimate of drug-likeness (QED) is 0.284. The Morgan fingerprint density at radius 1 is 0.686 bits per heavy atom. The molecule has 2 unspecified atom stereocenters. The second kappa shape index (κ2) is 15.9. The lowest BCUT2D eigenvalue weighted by molar-refractivity contribution is -0.289. The van der Waals surface area contributed by atoms with Crippen LogP contribution in [0.1, 0.15) is 88.9 Å². The second-order valence-electron chi connectivity index (χ2n) is 13.9. The molecule has 0 aromatic heterocycles. The Kier molecular flexibility index (Phi) is 12.8. The van der Waals surface area contributed by atoms with Crippen molar-refractivity contribution in [3.63, 3.8) is 0 Å². The van der Waals surface area contributed by atoms with E-state index in [0.717, 1.165) is 25.7 Å². The molecule has 51 heavy (non-hydrogen) atoms. The van der Waals surface area contributed by atoms with Crippen LogP contribution in [0, 0.1) is 0 Å². The second-order valence-corrected chi connectivity index (χ2v) is 14.2. The van der Waals surface area contributed by atoms with E-state index >= 15 is 0 Å². The molecule has 284 valence electrons. The minimum atomic E-state index is -0.702. The van der Waals surface area contributed by atoms with Crippen molar-refractivity contribution in [3.8, 4) is 0 Å². The number of hydrogen-bond acceptors (Lipinski definition) is 12. The maximum atomic E-state index is 12.4. The van der Waals surface area contributed by atoms with Crippen LogP contribution in [0.2, 0.25) is 0 Å². The van der Waals surface area contributed by atoms with E-state index in [9.17, 15) is 14.7 Å². The lowest BCUT2D eigenvalue weighted by atomic mass is 9.72. The van der Waals surface area contributed by atoms with E-state index < -0.39 is 46.7 Å². The van der Waals surface area contributed by atoms with Crippen molar-refractivity contribution in [2.24, 2.45) is 0 Å². The van der Waals surface area contributed by atoms with Gasteiger partial charge in [0.1, 0.15) is 41.7 Å². The third-order valence-electron chi connectivity index (χ3n) is 9.87. The van der Waals surface area contributed by atoms with Crippen LogP contribution in [-0.4, -0.2) is 103 Å². The molecule has 4 heterocycles. The van der Waals surface area contributed by atoms with Gasteiger partial charge >= 0.3 is 5.97 Å². The van der Waals surface area contributed by atoms with E-state index in [1.807, 2.05) is 52.0 Å². The van der Waals surface area contributed by atoms with E-state index in [1.165, 1.54) is 0 Å². The van der Waals surface area contributed by atoms with E-state index in [1.54, 1.807) is 50.6 Å². The highest BCUT2D eigenvalue weighted by Gasteiger charge is 2.71. The number of rotatable bonds is 5. The van der Waals surface area contributed by atoms with Crippen molar-refractivity contribution < 1.29 is 57.3 Å². The first kappa shape index (κ1) is 41.3. The van der Waals surface area contributed by atoms with Gasteiger partial charge in [-0.2, -0.15) is 0 Å². The molecule has 2 aromatic rings. The van der Waals surface area contributed by atoms with E-state index in [2.05, 4.69) is 0 Å². The highest BCUT2D eigenvalue weighted by Crippen LogP contribution is 2.55. The molecule has 4 aliphatic heterocycles. The number of esters is 1. The van der Waals surface area contributed by atoms with Gasteiger partial charge in [0.2, 0.25) is 0 Å². The van der Waals surface area contributed by atoms with Gasteiger partial charge in [0.25, 0.3) is 5.24 Å². The number of aliphatic hydroxyl groups is 1. The van der Waals surface area contributed by atoms with Gasteiger partial charge in [-0.05, 0) is 77.1 Å². The van der Waals surface area contributed by atoms with Crippen LogP contribution >= 0.6 is 11.6 Å². The summed E-state index contributed by atoms with van der Waals surface area (Å²) < 4.78 is 51.9. The standard InChI is InChI=1S/C18H22O6.C11H18O5.C7H5ClO.2CH4/c1-17(2)22-13-14(23-17)18(24-16(13)20-3)10-9-12(18)21-15(19)11-7-5-4-6-8-11;1-10(2)14-7-8(15-10)11(5-4-6(11)12)16-9(7)13-3;8-7(9)6-4-2-1-3-5-6;;/h4-8,12-14,16H,9-10H2,1-3H3;6-9,12H,4-5H2,1-3H3;1-5H;2*1H4/t12-,13?,14+,16+,18-;6-,7?,8+,9+,11-;;;/m00.../s1. The Bertz CT molecular complexity index is 1470. The van der Waals surface area contributed by atoms with Gasteiger partial charge in [0.15, 0.2) is 24.2 Å². The topological polar surface area (TPSA) is 137 Å². The maximum absolute atomic E-state index is 12.4. The van der Waals surface area contributed by atoms with Gasteiger partial charge in [-0.15, -0.1) is 0 Å². The molecule has 0 amide bonds. The zero-order valence-electron chi connectivity index (χ0n) is 28.5. The summed E-state index contributed by atoms with van der Waals surface area (Å²) in [6, 6.07) is 17.7. The van der Waals surface area contributed by atoms with Crippen LogP contribution in [0.4, 0.5) is 0 Å². The summed E-state index contributed by atoms with van der Waals surface area (Å²) in [6.07, 6.45) is 0.152. The number of carbonyl (C=O) groups excluding carboxylic acids is 2. The Balaban J connectivity index is 0.000000187. The highest BCUT2D eigenvalue weighted by atomic mass is 35.5. The molecule has 0 bridgehead atoms. The van der Waals surface area contributed by atoms with Crippen molar-refractivity contribution in [3.05, 3.63) is 71.8 Å². The molecule has 2 aliphatic carbocycles. The number of hydrogen-bond donors (Lipinski definition) is 1. The lowest BCUT2D eigenvalue weighted by Gasteiger charge is -2.47. The van der Waals surface area contributed by atoms with Gasteiger partial charge in [0, 0.05) is 19.8 Å². The van der Waals surface area contributed by atoms with Crippen molar-refractivity contribution in [1.82, 2.24) is 0 Å². The summed E-state index contributed by atoms with van der Waals surface area (Å²) in [7, 11) is 3.17. The largest absolute Gasteiger partial charge is 0.456 e. The number of halogens is 1. The molecular weight excluding hydrogens is 684 g/mol. The maximum Gasteiger partial charge on any atom is 0.338 e. The number of carbonyl (C=O) groups is 2. The molecule has 13 heteroatoms. The fourth-order valence-electron chi connectivity index (χ4n) is 7.33. The number of ether oxygens (including phenoxy) is 9. The summed E-state index contributed by atoms with van der Waals surface area (Å²) in [5, 5.41) is 9.51. The van der Waals surface area contributed by atoms with E-state index in [-0.39, 0.29) is 51.3 Å². The predicted octanol–water partition coefficient (Wildman–Crippen LogP) is 6.01. The lowest BCUT2D eigenvalue weighted by Crippen LogP contribution is -2.61. The SMILES string of the molecule is C.C.CO[C@@H]1O[C@]2(CC[C@@H]2O)[C@@H]2OC(C)(C)OC12.CO[C@@H]1O[C@]2(CC[C@@H]2OC(=O)c2ccccc2)[C@@H]2OC(C)(C)OC12.O=C(Cl)c1ccccc1. The van der Waals surface area contributed by atoms with E-state index in [0.29, 0.717) is 11.1 Å². The molecule has 6 fully saturated rings. The van der Waals surface area contributed by atoms with Crippen LogP contribution in [0.5, 0.6) is 0 Å². The normalized spacial score (nSPS) is 37.1. The molecule has 12 nitrogen and oxygen atoms in total. The Morgan fingerprint density at radius 3 is 1.51 bits per heavy atom. The van der Waals surface area contributed by atoms with Gasteiger partial charge in [-0.1, -0.05) is 63.4 Å². The number of aliphatic hydroxyl groups excluding tert-OH is 1. The molecule has 6 aliphatic rings. The molecule has 8 rings (SSSR count). The molecule has 0 radical (unpaired) electrons. The third kappa shape index (κ3) is 7.91. The summed E-state index contributed by atoms with van der Waals surface area (Å²) in [5.41, 5.74) is -0.233. The van der Waals surface area contributed by atoms with Crippen molar-refractivity contribution in [1.29, 1.82) is 0 Å².